The van der Waals surface area contributed by atoms with Crippen LogP contribution in [-0.2, 0) is 11.3 Å². The summed E-state index contributed by atoms with van der Waals surface area (Å²) < 4.78 is 10.2. The van der Waals surface area contributed by atoms with E-state index in [0.717, 1.165) is 0 Å². The van der Waals surface area contributed by atoms with Gasteiger partial charge in [0.2, 0.25) is 5.76 Å². The first-order valence-electron chi connectivity index (χ1n) is 4.44. The van der Waals surface area contributed by atoms with Gasteiger partial charge in [-0.25, -0.2) is 4.79 Å². The zero-order chi connectivity index (χ0) is 10.8. The van der Waals surface area contributed by atoms with E-state index in [4.69, 9.17) is 14.9 Å². The molecule has 0 spiro atoms. The third kappa shape index (κ3) is 2.88. The molecule has 0 aromatic carbocycles. The number of hydrogen-bond donors (Lipinski definition) is 1. The first-order chi connectivity index (χ1) is 6.42. The standard InChI is InChI=1S/C10H15NO3/c1-10(2,3)14-9(12)8-5-4-7(6-11)13-8/h4-5H,6,11H2,1-3H3. The zero-order valence-electron chi connectivity index (χ0n) is 8.66. The Hall–Kier alpha value is -1.29. The van der Waals surface area contributed by atoms with Crippen molar-refractivity contribution in [3.05, 3.63) is 23.7 Å². The molecule has 0 atom stereocenters. The van der Waals surface area contributed by atoms with Crippen LogP contribution in [0, 0.1) is 0 Å². The quantitative estimate of drug-likeness (QED) is 0.733. The molecule has 1 rings (SSSR count). The molecule has 0 aliphatic carbocycles. The third-order valence-corrected chi connectivity index (χ3v) is 1.46. The van der Waals surface area contributed by atoms with Crippen LogP contribution < -0.4 is 5.73 Å². The molecule has 0 radical (unpaired) electrons. The lowest BCUT2D eigenvalue weighted by Crippen LogP contribution is -2.23. The third-order valence-electron chi connectivity index (χ3n) is 1.46. The molecule has 2 N–H and O–H groups in total. The van der Waals surface area contributed by atoms with Crippen molar-refractivity contribution in [3.63, 3.8) is 0 Å². The summed E-state index contributed by atoms with van der Waals surface area (Å²) in [6, 6.07) is 3.23. The molecular weight excluding hydrogens is 182 g/mol. The number of esters is 1. The molecule has 14 heavy (non-hydrogen) atoms. The summed E-state index contributed by atoms with van der Waals surface area (Å²) in [5, 5.41) is 0. The fraction of sp³-hybridized carbons (Fsp3) is 0.500. The van der Waals surface area contributed by atoms with E-state index in [-0.39, 0.29) is 12.3 Å². The summed E-state index contributed by atoms with van der Waals surface area (Å²) in [6.45, 7) is 5.69. The van der Waals surface area contributed by atoms with Gasteiger partial charge in [-0.15, -0.1) is 0 Å². The van der Waals surface area contributed by atoms with Crippen molar-refractivity contribution < 1.29 is 13.9 Å². The summed E-state index contributed by atoms with van der Waals surface area (Å²) in [5.74, 6) is 0.309. The molecule has 78 valence electrons. The Labute approximate surface area is 83.0 Å². The summed E-state index contributed by atoms with van der Waals surface area (Å²) in [4.78, 5) is 11.4. The van der Waals surface area contributed by atoms with E-state index in [1.165, 1.54) is 0 Å². The number of carbonyl (C=O) groups excluding carboxylic acids is 1. The molecule has 0 bridgehead atoms. The minimum Gasteiger partial charge on any atom is -0.454 e. The van der Waals surface area contributed by atoms with Gasteiger partial charge in [-0.1, -0.05) is 0 Å². The van der Waals surface area contributed by atoms with Gasteiger partial charge in [0.1, 0.15) is 11.4 Å². The molecule has 0 aliphatic rings. The van der Waals surface area contributed by atoms with Crippen molar-refractivity contribution in [2.24, 2.45) is 5.73 Å². The molecule has 1 aromatic heterocycles. The molecule has 0 saturated heterocycles. The Morgan fingerprint density at radius 2 is 2.14 bits per heavy atom. The van der Waals surface area contributed by atoms with E-state index in [2.05, 4.69) is 0 Å². The molecule has 4 nitrogen and oxygen atoms in total. The zero-order valence-corrected chi connectivity index (χ0v) is 8.66. The van der Waals surface area contributed by atoms with Gasteiger partial charge in [0.25, 0.3) is 0 Å². The van der Waals surface area contributed by atoms with Crippen LogP contribution in [0.1, 0.15) is 37.1 Å². The Kier molecular flexibility index (Phi) is 2.96. The number of carbonyl (C=O) groups is 1. The van der Waals surface area contributed by atoms with Gasteiger partial charge in [0.15, 0.2) is 0 Å². The van der Waals surface area contributed by atoms with Gasteiger partial charge < -0.3 is 14.9 Å². The van der Waals surface area contributed by atoms with Crippen molar-refractivity contribution in [1.82, 2.24) is 0 Å². The van der Waals surface area contributed by atoms with E-state index >= 15 is 0 Å². The Bertz CT molecular complexity index is 322. The molecular formula is C10H15NO3. The molecule has 0 saturated carbocycles. The predicted molar refractivity (Wildman–Crippen MR) is 51.8 cm³/mol. The Morgan fingerprint density at radius 1 is 1.50 bits per heavy atom. The molecule has 1 aromatic rings. The minimum atomic E-state index is -0.507. The highest BCUT2D eigenvalue weighted by Crippen LogP contribution is 2.14. The molecule has 0 aliphatic heterocycles. The number of furan rings is 1. The topological polar surface area (TPSA) is 65.5 Å². The summed E-state index contributed by atoms with van der Waals surface area (Å²) in [5.41, 5.74) is 4.84. The molecule has 0 amide bonds. The lowest BCUT2D eigenvalue weighted by molar-refractivity contribution is 0.00344. The van der Waals surface area contributed by atoms with E-state index in [1.807, 2.05) is 0 Å². The van der Waals surface area contributed by atoms with Gasteiger partial charge in [0.05, 0.1) is 6.54 Å². The average molecular weight is 197 g/mol. The average Bonchev–Trinajstić information content (AvgIpc) is 2.48. The van der Waals surface area contributed by atoms with Crippen LogP contribution >= 0.6 is 0 Å². The fourth-order valence-corrected chi connectivity index (χ4v) is 0.926. The lowest BCUT2D eigenvalue weighted by Gasteiger charge is -2.18. The maximum absolute atomic E-state index is 11.4. The predicted octanol–water partition coefficient (Wildman–Crippen LogP) is 1.69. The second kappa shape index (κ2) is 3.84. The van der Waals surface area contributed by atoms with Gasteiger partial charge in [-0.2, -0.15) is 0 Å². The number of ether oxygens (including phenoxy) is 1. The lowest BCUT2D eigenvalue weighted by atomic mass is 10.2. The summed E-state index contributed by atoms with van der Waals surface area (Å²) >= 11 is 0. The maximum Gasteiger partial charge on any atom is 0.374 e. The SMILES string of the molecule is CC(C)(C)OC(=O)c1ccc(CN)o1. The van der Waals surface area contributed by atoms with Gasteiger partial charge >= 0.3 is 5.97 Å². The molecule has 4 heteroatoms. The van der Waals surface area contributed by atoms with Crippen LogP contribution in [0.2, 0.25) is 0 Å². The molecule has 0 unspecified atom stereocenters. The number of hydrogen-bond acceptors (Lipinski definition) is 4. The first-order valence-corrected chi connectivity index (χ1v) is 4.44. The Morgan fingerprint density at radius 3 is 2.57 bits per heavy atom. The van der Waals surface area contributed by atoms with E-state index < -0.39 is 11.6 Å². The van der Waals surface area contributed by atoms with Crippen LogP contribution in [0.25, 0.3) is 0 Å². The number of nitrogens with two attached hydrogens (primary N) is 1. The Balaban J connectivity index is 2.70. The highest BCUT2D eigenvalue weighted by atomic mass is 16.6. The monoisotopic (exact) mass is 197 g/mol. The first kappa shape index (κ1) is 10.8. The number of rotatable bonds is 2. The second-order valence-corrected chi connectivity index (χ2v) is 3.97. The van der Waals surface area contributed by atoms with Crippen molar-refractivity contribution in [2.45, 2.75) is 32.9 Å². The normalized spacial score (nSPS) is 11.4. The second-order valence-electron chi connectivity index (χ2n) is 3.97. The van der Waals surface area contributed by atoms with Crippen molar-refractivity contribution in [1.29, 1.82) is 0 Å². The van der Waals surface area contributed by atoms with Crippen molar-refractivity contribution in [3.8, 4) is 0 Å². The highest BCUT2D eigenvalue weighted by molar-refractivity contribution is 5.86. The van der Waals surface area contributed by atoms with E-state index in [9.17, 15) is 4.79 Å². The van der Waals surface area contributed by atoms with Crippen molar-refractivity contribution in [2.75, 3.05) is 0 Å². The largest absolute Gasteiger partial charge is 0.454 e. The van der Waals surface area contributed by atoms with Crippen LogP contribution in [0.4, 0.5) is 0 Å². The molecule has 1 heterocycles. The van der Waals surface area contributed by atoms with Gasteiger partial charge in [-0.3, -0.25) is 0 Å². The van der Waals surface area contributed by atoms with Crippen LogP contribution in [0.3, 0.4) is 0 Å². The van der Waals surface area contributed by atoms with Gasteiger partial charge in [-0.05, 0) is 32.9 Å². The fourth-order valence-electron chi connectivity index (χ4n) is 0.926. The van der Waals surface area contributed by atoms with Crippen LogP contribution in [-0.4, -0.2) is 11.6 Å². The minimum absolute atomic E-state index is 0.195. The summed E-state index contributed by atoms with van der Waals surface area (Å²) in [7, 11) is 0. The van der Waals surface area contributed by atoms with E-state index in [1.54, 1.807) is 32.9 Å². The van der Waals surface area contributed by atoms with Crippen LogP contribution in [0.15, 0.2) is 16.5 Å². The van der Waals surface area contributed by atoms with Crippen molar-refractivity contribution >= 4 is 5.97 Å². The molecule has 0 fully saturated rings. The summed E-state index contributed by atoms with van der Waals surface area (Å²) in [6.07, 6.45) is 0. The van der Waals surface area contributed by atoms with Crippen LogP contribution in [0.5, 0.6) is 0 Å². The smallest absolute Gasteiger partial charge is 0.374 e. The highest BCUT2D eigenvalue weighted by Gasteiger charge is 2.20. The maximum atomic E-state index is 11.4. The van der Waals surface area contributed by atoms with Gasteiger partial charge in [0, 0.05) is 0 Å². The van der Waals surface area contributed by atoms with E-state index in [0.29, 0.717) is 5.76 Å².